The number of carbonyl (C=O) groups excluding carboxylic acids is 1. The van der Waals surface area contributed by atoms with Gasteiger partial charge < -0.3 is 9.64 Å². The fourth-order valence-electron chi connectivity index (χ4n) is 1.26. The second-order valence-electron chi connectivity index (χ2n) is 4.13. The molecule has 0 aliphatic carbocycles. The fraction of sp³-hybridized carbons (Fsp3) is 0.250. The highest BCUT2D eigenvalue weighted by atomic mass is 35.5. The van der Waals surface area contributed by atoms with E-state index in [0.717, 1.165) is 28.9 Å². The van der Waals surface area contributed by atoms with E-state index in [-0.39, 0.29) is 11.8 Å². The number of benzene rings is 1. The molecule has 21 heavy (non-hydrogen) atoms. The zero-order chi connectivity index (χ0) is 15.4. The van der Waals surface area contributed by atoms with Crippen LogP contribution in [0.5, 0.6) is 5.19 Å². The van der Waals surface area contributed by atoms with E-state index in [1.165, 1.54) is 4.90 Å². The molecule has 1 aromatic carbocycles. The largest absolute Gasteiger partial charge is 0.464 e. The average Bonchev–Trinajstić information content (AvgIpc) is 2.87. The van der Waals surface area contributed by atoms with E-state index < -0.39 is 0 Å². The standard InChI is InChI=1S/C12H11Cl2N3O2S2/c1-17(2)12(18)20-10-15-11(21-16-10)19-6-7-5-8(13)3-4-9(7)14/h3-5H,6H2,1-2H3. The van der Waals surface area contributed by atoms with Gasteiger partial charge in [0, 0.05) is 53.0 Å². The molecule has 0 aliphatic rings. The summed E-state index contributed by atoms with van der Waals surface area (Å²) < 4.78 is 9.57. The molecule has 0 aliphatic heterocycles. The third-order valence-electron chi connectivity index (χ3n) is 2.29. The normalized spacial score (nSPS) is 10.5. The molecule has 1 amide bonds. The van der Waals surface area contributed by atoms with Crippen molar-refractivity contribution in [2.75, 3.05) is 14.1 Å². The van der Waals surface area contributed by atoms with Crippen molar-refractivity contribution in [1.29, 1.82) is 0 Å². The van der Waals surface area contributed by atoms with Gasteiger partial charge in [-0.05, 0) is 18.2 Å². The molecule has 0 unspecified atom stereocenters. The van der Waals surface area contributed by atoms with Crippen LogP contribution >= 0.6 is 46.5 Å². The van der Waals surface area contributed by atoms with Gasteiger partial charge in [0.15, 0.2) is 0 Å². The summed E-state index contributed by atoms with van der Waals surface area (Å²) >= 11 is 14.0. The lowest BCUT2D eigenvalue weighted by Crippen LogP contribution is -2.16. The highest BCUT2D eigenvalue weighted by molar-refractivity contribution is 8.13. The first-order valence-electron chi connectivity index (χ1n) is 5.75. The summed E-state index contributed by atoms with van der Waals surface area (Å²) in [4.78, 5) is 17.1. The summed E-state index contributed by atoms with van der Waals surface area (Å²) in [5.41, 5.74) is 0.762. The third-order valence-corrected chi connectivity index (χ3v) is 4.55. The summed E-state index contributed by atoms with van der Waals surface area (Å²) in [7, 11) is 3.33. The van der Waals surface area contributed by atoms with Crippen molar-refractivity contribution in [3.63, 3.8) is 0 Å². The van der Waals surface area contributed by atoms with Gasteiger partial charge in [-0.15, -0.1) is 0 Å². The number of rotatable bonds is 4. The zero-order valence-electron chi connectivity index (χ0n) is 11.2. The number of nitrogens with zero attached hydrogens (tertiary/aromatic N) is 3. The second kappa shape index (κ2) is 7.31. The molecule has 0 atom stereocenters. The Morgan fingerprint density at radius 2 is 2.19 bits per heavy atom. The van der Waals surface area contributed by atoms with Crippen molar-refractivity contribution in [3.05, 3.63) is 33.8 Å². The van der Waals surface area contributed by atoms with Crippen molar-refractivity contribution in [3.8, 4) is 5.19 Å². The number of amides is 1. The SMILES string of the molecule is CN(C)C(=O)Sc1nsc(OCc2cc(Cl)ccc2Cl)n1. The van der Waals surface area contributed by atoms with Gasteiger partial charge in [0.05, 0.1) is 0 Å². The third kappa shape index (κ3) is 4.74. The Balaban J connectivity index is 1.97. The number of thioether (sulfide) groups is 1. The number of hydrogen-bond acceptors (Lipinski definition) is 6. The minimum absolute atomic E-state index is 0.141. The van der Waals surface area contributed by atoms with E-state index in [1.807, 2.05) is 0 Å². The Labute approximate surface area is 140 Å². The number of carbonyl (C=O) groups is 1. The molecule has 2 rings (SSSR count). The highest BCUT2D eigenvalue weighted by Gasteiger charge is 2.13. The molecule has 1 heterocycles. The molecule has 112 valence electrons. The summed E-state index contributed by atoms with van der Waals surface area (Å²) in [6.07, 6.45) is 0. The van der Waals surface area contributed by atoms with Crippen molar-refractivity contribution in [1.82, 2.24) is 14.3 Å². The van der Waals surface area contributed by atoms with Crippen LogP contribution in [0.1, 0.15) is 5.56 Å². The maximum absolute atomic E-state index is 11.5. The monoisotopic (exact) mass is 363 g/mol. The maximum atomic E-state index is 11.5. The molecule has 1 aromatic heterocycles. The zero-order valence-corrected chi connectivity index (χ0v) is 14.3. The van der Waals surface area contributed by atoms with Gasteiger partial charge in [-0.1, -0.05) is 23.2 Å². The predicted molar refractivity (Wildman–Crippen MR) is 85.6 cm³/mol. The number of halogens is 2. The topological polar surface area (TPSA) is 55.3 Å². The average molecular weight is 364 g/mol. The van der Waals surface area contributed by atoms with Gasteiger partial charge in [0.2, 0.25) is 5.16 Å². The molecule has 0 spiro atoms. The molecule has 0 N–H and O–H groups in total. The van der Waals surface area contributed by atoms with Crippen LogP contribution < -0.4 is 4.74 Å². The van der Waals surface area contributed by atoms with E-state index in [4.69, 9.17) is 27.9 Å². The maximum Gasteiger partial charge on any atom is 0.294 e. The van der Waals surface area contributed by atoms with Crippen molar-refractivity contribution >= 4 is 51.7 Å². The van der Waals surface area contributed by atoms with Crippen LogP contribution in [0.15, 0.2) is 23.4 Å². The number of ether oxygens (including phenoxy) is 1. The quantitative estimate of drug-likeness (QED) is 0.761. The predicted octanol–water partition coefficient (Wildman–Crippen LogP) is 4.20. The van der Waals surface area contributed by atoms with Crippen LogP contribution in [0, 0.1) is 0 Å². The van der Waals surface area contributed by atoms with E-state index in [9.17, 15) is 4.79 Å². The van der Waals surface area contributed by atoms with Crippen LogP contribution in [-0.4, -0.2) is 33.6 Å². The van der Waals surface area contributed by atoms with Gasteiger partial charge in [-0.2, -0.15) is 9.36 Å². The second-order valence-corrected chi connectivity index (χ2v) is 6.61. The number of hydrogen-bond donors (Lipinski definition) is 0. The molecular formula is C12H11Cl2N3O2S2. The summed E-state index contributed by atoms with van der Waals surface area (Å²) in [5.74, 6) is 0. The van der Waals surface area contributed by atoms with Crippen molar-refractivity contribution < 1.29 is 9.53 Å². The molecule has 0 saturated heterocycles. The first-order chi connectivity index (χ1) is 9.95. The first-order valence-corrected chi connectivity index (χ1v) is 8.10. The molecule has 2 aromatic rings. The van der Waals surface area contributed by atoms with Gasteiger partial charge in [-0.25, -0.2) is 0 Å². The Hall–Kier alpha value is -1.02. The van der Waals surface area contributed by atoms with E-state index in [1.54, 1.807) is 32.3 Å². The minimum Gasteiger partial charge on any atom is -0.464 e. The lowest BCUT2D eigenvalue weighted by atomic mass is 10.2. The van der Waals surface area contributed by atoms with Gasteiger partial charge >= 0.3 is 0 Å². The van der Waals surface area contributed by atoms with Crippen LogP contribution in [0.4, 0.5) is 4.79 Å². The lowest BCUT2D eigenvalue weighted by molar-refractivity contribution is 0.241. The summed E-state index contributed by atoms with van der Waals surface area (Å²) in [5, 5.41) is 1.76. The summed E-state index contributed by atoms with van der Waals surface area (Å²) in [6, 6.07) is 5.15. The van der Waals surface area contributed by atoms with Crippen molar-refractivity contribution in [2.45, 2.75) is 11.8 Å². The molecule has 0 bridgehead atoms. The van der Waals surface area contributed by atoms with Crippen molar-refractivity contribution in [2.24, 2.45) is 0 Å². The molecule has 0 radical (unpaired) electrons. The Bertz CT molecular complexity index is 649. The minimum atomic E-state index is -0.141. The van der Waals surface area contributed by atoms with Crippen LogP contribution in [-0.2, 0) is 6.61 Å². The van der Waals surface area contributed by atoms with E-state index >= 15 is 0 Å². The van der Waals surface area contributed by atoms with E-state index in [0.29, 0.717) is 20.4 Å². The van der Waals surface area contributed by atoms with Crippen LogP contribution in [0.25, 0.3) is 0 Å². The molecule has 0 saturated carbocycles. The van der Waals surface area contributed by atoms with E-state index in [2.05, 4.69) is 9.36 Å². The Kier molecular flexibility index (Phi) is 5.69. The van der Waals surface area contributed by atoms with Crippen LogP contribution in [0.2, 0.25) is 10.0 Å². The van der Waals surface area contributed by atoms with Crippen LogP contribution in [0.3, 0.4) is 0 Å². The smallest absolute Gasteiger partial charge is 0.294 e. The van der Waals surface area contributed by atoms with Gasteiger partial charge in [0.25, 0.3) is 10.4 Å². The first kappa shape index (κ1) is 16.4. The molecule has 0 fully saturated rings. The Morgan fingerprint density at radius 1 is 1.43 bits per heavy atom. The lowest BCUT2D eigenvalue weighted by Gasteiger charge is -2.06. The van der Waals surface area contributed by atoms with Gasteiger partial charge in [0.1, 0.15) is 6.61 Å². The highest BCUT2D eigenvalue weighted by Crippen LogP contribution is 2.26. The fourth-order valence-corrected chi connectivity index (χ4v) is 2.85. The molecular weight excluding hydrogens is 353 g/mol. The molecule has 9 heteroatoms. The summed E-state index contributed by atoms with van der Waals surface area (Å²) in [6.45, 7) is 0.236. The molecule has 5 nitrogen and oxygen atoms in total. The van der Waals surface area contributed by atoms with Gasteiger partial charge in [-0.3, -0.25) is 4.79 Å². The number of aromatic nitrogens is 2. The Morgan fingerprint density at radius 3 is 2.90 bits per heavy atom.